The van der Waals surface area contributed by atoms with Crippen LogP contribution in [0.1, 0.15) is 19.8 Å². The van der Waals surface area contributed by atoms with Crippen LogP contribution in [0.3, 0.4) is 0 Å². The summed E-state index contributed by atoms with van der Waals surface area (Å²) in [5.41, 5.74) is 3.05. The molecule has 1 aliphatic rings. The molecule has 1 aromatic carbocycles. The number of para-hydroxylation sites is 1. The van der Waals surface area contributed by atoms with Gasteiger partial charge in [-0.25, -0.2) is 15.2 Å². The van der Waals surface area contributed by atoms with E-state index in [0.717, 1.165) is 12.8 Å². The Morgan fingerprint density at radius 3 is 2.76 bits per heavy atom. The molecule has 0 saturated heterocycles. The van der Waals surface area contributed by atoms with Gasteiger partial charge in [0.2, 0.25) is 5.96 Å². The smallest absolute Gasteiger partial charge is 0.213 e. The summed E-state index contributed by atoms with van der Waals surface area (Å²) in [6.45, 7) is 2.54. The standard InChI is InChI=1S/C12H17FN4/c1-2-17(11-6-4-3-5-10(11)13)12(16-14)15-9-7-8-9/h3-6,9H,2,7-8,14H2,1H3,(H,15,16). The van der Waals surface area contributed by atoms with Gasteiger partial charge in [0.1, 0.15) is 5.82 Å². The number of hydrazine groups is 1. The van der Waals surface area contributed by atoms with Crippen LogP contribution in [0, 0.1) is 5.82 Å². The molecule has 5 heteroatoms. The molecule has 1 aromatic rings. The number of nitrogens with zero attached hydrogens (tertiary/aromatic N) is 2. The van der Waals surface area contributed by atoms with E-state index in [1.165, 1.54) is 6.07 Å². The van der Waals surface area contributed by atoms with Crippen LogP contribution in [0.2, 0.25) is 0 Å². The van der Waals surface area contributed by atoms with Crippen molar-refractivity contribution in [3.8, 4) is 0 Å². The Labute approximate surface area is 100 Å². The maximum atomic E-state index is 13.7. The highest BCUT2D eigenvalue weighted by Crippen LogP contribution is 2.25. The number of benzene rings is 1. The number of nitrogens with two attached hydrogens (primary N) is 1. The monoisotopic (exact) mass is 236 g/mol. The molecule has 0 atom stereocenters. The molecule has 17 heavy (non-hydrogen) atoms. The molecule has 0 radical (unpaired) electrons. The molecule has 4 nitrogen and oxygen atoms in total. The van der Waals surface area contributed by atoms with E-state index < -0.39 is 0 Å². The van der Waals surface area contributed by atoms with Crippen LogP contribution in [0.15, 0.2) is 29.3 Å². The summed E-state index contributed by atoms with van der Waals surface area (Å²) in [4.78, 5) is 6.18. The molecular formula is C12H17FN4. The second-order valence-corrected chi connectivity index (χ2v) is 4.02. The van der Waals surface area contributed by atoms with Crippen LogP contribution < -0.4 is 16.2 Å². The van der Waals surface area contributed by atoms with Gasteiger partial charge in [0.25, 0.3) is 0 Å². The fourth-order valence-electron chi connectivity index (χ4n) is 1.67. The number of hydrogen-bond acceptors (Lipinski definition) is 2. The van der Waals surface area contributed by atoms with Crippen molar-refractivity contribution in [2.75, 3.05) is 11.4 Å². The molecule has 0 heterocycles. The first-order valence-electron chi connectivity index (χ1n) is 5.82. The van der Waals surface area contributed by atoms with Crippen molar-refractivity contribution < 1.29 is 4.39 Å². The summed E-state index contributed by atoms with van der Waals surface area (Å²) in [6.07, 6.45) is 2.17. The topological polar surface area (TPSA) is 53.6 Å². The molecule has 0 bridgehead atoms. The van der Waals surface area contributed by atoms with Crippen LogP contribution in [0.5, 0.6) is 0 Å². The molecule has 1 aliphatic carbocycles. The van der Waals surface area contributed by atoms with E-state index in [-0.39, 0.29) is 5.82 Å². The van der Waals surface area contributed by atoms with E-state index >= 15 is 0 Å². The average molecular weight is 236 g/mol. The third-order valence-electron chi connectivity index (χ3n) is 2.70. The van der Waals surface area contributed by atoms with Gasteiger partial charge in [-0.15, -0.1) is 0 Å². The van der Waals surface area contributed by atoms with E-state index in [4.69, 9.17) is 5.84 Å². The highest BCUT2D eigenvalue weighted by Gasteiger charge is 2.23. The lowest BCUT2D eigenvalue weighted by atomic mass is 10.3. The molecule has 0 spiro atoms. The van der Waals surface area contributed by atoms with Gasteiger partial charge in [-0.3, -0.25) is 5.43 Å². The van der Waals surface area contributed by atoms with Gasteiger partial charge in [0.15, 0.2) is 0 Å². The first kappa shape index (κ1) is 11.9. The Morgan fingerprint density at radius 2 is 2.24 bits per heavy atom. The number of anilines is 1. The van der Waals surface area contributed by atoms with Crippen molar-refractivity contribution in [1.29, 1.82) is 0 Å². The zero-order valence-electron chi connectivity index (χ0n) is 9.86. The van der Waals surface area contributed by atoms with Gasteiger partial charge in [-0.1, -0.05) is 12.1 Å². The second-order valence-electron chi connectivity index (χ2n) is 4.02. The van der Waals surface area contributed by atoms with Crippen molar-refractivity contribution in [2.45, 2.75) is 25.8 Å². The fourth-order valence-corrected chi connectivity index (χ4v) is 1.67. The van der Waals surface area contributed by atoms with Crippen LogP contribution >= 0.6 is 0 Å². The van der Waals surface area contributed by atoms with E-state index in [1.807, 2.05) is 6.92 Å². The number of nitrogens with one attached hydrogen (secondary N) is 1. The third kappa shape index (κ3) is 2.74. The van der Waals surface area contributed by atoms with Gasteiger partial charge >= 0.3 is 0 Å². The maximum absolute atomic E-state index is 13.7. The van der Waals surface area contributed by atoms with Gasteiger partial charge < -0.3 is 4.90 Å². The molecule has 0 amide bonds. The highest BCUT2D eigenvalue weighted by atomic mass is 19.1. The molecule has 1 fully saturated rings. The van der Waals surface area contributed by atoms with Crippen molar-refractivity contribution in [2.24, 2.45) is 10.8 Å². The Balaban J connectivity index is 2.28. The van der Waals surface area contributed by atoms with E-state index in [9.17, 15) is 4.39 Å². The molecule has 0 aromatic heterocycles. The minimum Gasteiger partial charge on any atom is -0.309 e. The molecule has 2 rings (SSSR count). The lowest BCUT2D eigenvalue weighted by Gasteiger charge is -2.24. The Kier molecular flexibility index (Phi) is 3.58. The predicted octanol–water partition coefficient (Wildman–Crippen LogP) is 1.63. The van der Waals surface area contributed by atoms with E-state index in [0.29, 0.717) is 24.2 Å². The lowest BCUT2D eigenvalue weighted by molar-refractivity contribution is 0.625. The largest absolute Gasteiger partial charge is 0.309 e. The van der Waals surface area contributed by atoms with Crippen molar-refractivity contribution >= 4 is 11.6 Å². The quantitative estimate of drug-likeness (QED) is 0.363. The number of rotatable bonds is 3. The molecule has 1 saturated carbocycles. The zero-order chi connectivity index (χ0) is 12.3. The zero-order valence-corrected chi connectivity index (χ0v) is 9.86. The Morgan fingerprint density at radius 1 is 1.53 bits per heavy atom. The van der Waals surface area contributed by atoms with Crippen molar-refractivity contribution in [1.82, 2.24) is 5.43 Å². The SMILES string of the molecule is CCN(C(=NC1CC1)NN)c1ccccc1F. The summed E-state index contributed by atoms with van der Waals surface area (Å²) < 4.78 is 13.7. The third-order valence-corrected chi connectivity index (χ3v) is 2.70. The van der Waals surface area contributed by atoms with Crippen LogP contribution in [0.25, 0.3) is 0 Å². The summed E-state index contributed by atoms with van der Waals surface area (Å²) in [5.74, 6) is 5.73. The van der Waals surface area contributed by atoms with Crippen LogP contribution in [0.4, 0.5) is 10.1 Å². The van der Waals surface area contributed by atoms with Gasteiger partial charge in [0, 0.05) is 6.54 Å². The molecular weight excluding hydrogens is 219 g/mol. The van der Waals surface area contributed by atoms with Gasteiger partial charge in [-0.2, -0.15) is 0 Å². The summed E-state index contributed by atoms with van der Waals surface area (Å²) in [7, 11) is 0. The highest BCUT2D eigenvalue weighted by molar-refractivity contribution is 5.95. The summed E-state index contributed by atoms with van der Waals surface area (Å²) in [6, 6.07) is 6.95. The number of guanidine groups is 1. The van der Waals surface area contributed by atoms with Crippen molar-refractivity contribution in [3.05, 3.63) is 30.1 Å². The van der Waals surface area contributed by atoms with Gasteiger partial charge in [-0.05, 0) is 31.9 Å². The fraction of sp³-hybridized carbons (Fsp3) is 0.417. The first-order valence-corrected chi connectivity index (χ1v) is 5.82. The Bertz CT molecular complexity index is 415. The first-order chi connectivity index (χ1) is 8.26. The van der Waals surface area contributed by atoms with E-state index in [2.05, 4.69) is 10.4 Å². The van der Waals surface area contributed by atoms with Crippen LogP contribution in [-0.2, 0) is 0 Å². The molecule has 3 N–H and O–H groups in total. The number of halogens is 1. The molecule has 0 unspecified atom stereocenters. The maximum Gasteiger partial charge on any atom is 0.213 e. The molecule has 92 valence electrons. The average Bonchev–Trinajstić information content (AvgIpc) is 3.15. The molecule has 0 aliphatic heterocycles. The predicted molar refractivity (Wildman–Crippen MR) is 67.2 cm³/mol. The summed E-state index contributed by atoms with van der Waals surface area (Å²) in [5, 5.41) is 0. The minimum atomic E-state index is -0.270. The normalized spacial score (nSPS) is 15.8. The van der Waals surface area contributed by atoms with E-state index in [1.54, 1.807) is 23.1 Å². The number of aliphatic imine (C=N–C) groups is 1. The minimum absolute atomic E-state index is 0.270. The van der Waals surface area contributed by atoms with Gasteiger partial charge in [0.05, 0.1) is 11.7 Å². The number of hydrogen-bond donors (Lipinski definition) is 2. The van der Waals surface area contributed by atoms with Crippen LogP contribution in [-0.4, -0.2) is 18.5 Å². The van der Waals surface area contributed by atoms with Crippen molar-refractivity contribution in [3.63, 3.8) is 0 Å². The Hall–Kier alpha value is -1.62. The lowest BCUT2D eigenvalue weighted by Crippen LogP contribution is -2.45. The second kappa shape index (κ2) is 5.14. The summed E-state index contributed by atoms with van der Waals surface area (Å²) >= 11 is 0.